The van der Waals surface area contributed by atoms with E-state index in [2.05, 4.69) is 6.92 Å². The van der Waals surface area contributed by atoms with E-state index in [-0.39, 0.29) is 0 Å². The largest absolute Gasteiger partial charge is 0.384 e. The van der Waals surface area contributed by atoms with E-state index in [4.69, 9.17) is 10.5 Å². The fourth-order valence-electron chi connectivity index (χ4n) is 1.73. The lowest BCUT2D eigenvalue weighted by molar-refractivity contribution is 0.135. The van der Waals surface area contributed by atoms with Crippen LogP contribution in [0, 0.1) is 11.8 Å². The maximum Gasteiger partial charge on any atom is 0.0493 e. The van der Waals surface area contributed by atoms with E-state index < -0.39 is 0 Å². The Morgan fingerprint density at radius 2 is 2.20 bits per heavy atom. The summed E-state index contributed by atoms with van der Waals surface area (Å²) >= 11 is 0. The smallest absolute Gasteiger partial charge is 0.0493 e. The summed E-state index contributed by atoms with van der Waals surface area (Å²) in [6, 6.07) is 0.417. The van der Waals surface area contributed by atoms with Gasteiger partial charge >= 0.3 is 0 Å². The third kappa shape index (κ3) is 1.50. The van der Waals surface area contributed by atoms with E-state index in [0.717, 1.165) is 6.61 Å². The Morgan fingerprint density at radius 3 is 2.60 bits per heavy atom. The lowest BCUT2D eigenvalue weighted by atomic mass is 9.97. The lowest BCUT2D eigenvalue weighted by Gasteiger charge is -2.16. The lowest BCUT2D eigenvalue weighted by Crippen LogP contribution is -2.26. The summed E-state index contributed by atoms with van der Waals surface area (Å²) in [6.45, 7) is 3.11. The first kappa shape index (κ1) is 8.02. The van der Waals surface area contributed by atoms with Crippen molar-refractivity contribution in [3.63, 3.8) is 0 Å². The molecular weight excluding hydrogens is 126 g/mol. The second-order valence-electron chi connectivity index (χ2n) is 3.32. The van der Waals surface area contributed by atoms with Gasteiger partial charge in [-0.05, 0) is 24.7 Å². The van der Waals surface area contributed by atoms with Crippen molar-refractivity contribution in [2.75, 3.05) is 13.7 Å². The van der Waals surface area contributed by atoms with Gasteiger partial charge in [0.25, 0.3) is 0 Å². The second-order valence-corrected chi connectivity index (χ2v) is 3.32. The molecule has 3 unspecified atom stereocenters. The Balaban J connectivity index is 2.33. The predicted molar refractivity (Wildman–Crippen MR) is 41.7 cm³/mol. The third-order valence-electron chi connectivity index (χ3n) is 2.67. The maximum absolute atomic E-state index is 5.84. The van der Waals surface area contributed by atoms with Crippen LogP contribution in [0.3, 0.4) is 0 Å². The summed E-state index contributed by atoms with van der Waals surface area (Å²) in [7, 11) is 1.76. The van der Waals surface area contributed by atoms with Gasteiger partial charge in [0.15, 0.2) is 0 Å². The van der Waals surface area contributed by atoms with Crippen molar-refractivity contribution in [1.82, 2.24) is 0 Å². The zero-order chi connectivity index (χ0) is 7.56. The molecule has 1 rings (SSSR count). The number of methoxy groups -OCH3 is 1. The molecule has 3 atom stereocenters. The summed E-state index contributed by atoms with van der Waals surface area (Å²) in [5.74, 6) is 1.36. The van der Waals surface area contributed by atoms with E-state index >= 15 is 0 Å². The zero-order valence-electron chi connectivity index (χ0n) is 6.84. The van der Waals surface area contributed by atoms with Crippen molar-refractivity contribution < 1.29 is 4.74 Å². The number of nitrogens with two attached hydrogens (primary N) is 1. The van der Waals surface area contributed by atoms with Crippen molar-refractivity contribution >= 4 is 0 Å². The minimum Gasteiger partial charge on any atom is -0.384 e. The standard InChI is InChI=1S/C8H17NO/c1-6-7(5-10-2)3-4-8(6)9/h6-8H,3-5,9H2,1-2H3. The average Bonchev–Trinajstić information content (AvgIpc) is 2.20. The molecule has 0 saturated heterocycles. The molecule has 0 heterocycles. The summed E-state index contributed by atoms with van der Waals surface area (Å²) in [6.07, 6.45) is 2.42. The molecular formula is C8H17NO. The monoisotopic (exact) mass is 143 g/mol. The molecule has 0 aromatic rings. The first-order valence-corrected chi connectivity index (χ1v) is 4.00. The van der Waals surface area contributed by atoms with Crippen LogP contribution in [-0.4, -0.2) is 19.8 Å². The highest BCUT2D eigenvalue weighted by Crippen LogP contribution is 2.30. The predicted octanol–water partition coefficient (Wildman–Crippen LogP) is 1.01. The summed E-state index contributed by atoms with van der Waals surface area (Å²) in [5, 5.41) is 0. The summed E-state index contributed by atoms with van der Waals surface area (Å²) < 4.78 is 5.09. The highest BCUT2D eigenvalue weighted by atomic mass is 16.5. The number of rotatable bonds is 2. The van der Waals surface area contributed by atoms with Crippen LogP contribution in [0.1, 0.15) is 19.8 Å². The molecule has 0 spiro atoms. The van der Waals surface area contributed by atoms with Crippen LogP contribution in [0.4, 0.5) is 0 Å². The third-order valence-corrected chi connectivity index (χ3v) is 2.67. The Morgan fingerprint density at radius 1 is 1.50 bits per heavy atom. The van der Waals surface area contributed by atoms with Gasteiger partial charge in [0.2, 0.25) is 0 Å². The highest BCUT2D eigenvalue weighted by molar-refractivity contribution is 4.84. The molecule has 2 N–H and O–H groups in total. The molecule has 0 aromatic carbocycles. The number of ether oxygens (including phenoxy) is 1. The van der Waals surface area contributed by atoms with Gasteiger partial charge in [-0.15, -0.1) is 0 Å². The molecule has 2 nitrogen and oxygen atoms in total. The van der Waals surface area contributed by atoms with Gasteiger partial charge in [-0.25, -0.2) is 0 Å². The number of hydrogen-bond donors (Lipinski definition) is 1. The topological polar surface area (TPSA) is 35.2 Å². The van der Waals surface area contributed by atoms with Gasteiger partial charge in [0.05, 0.1) is 0 Å². The van der Waals surface area contributed by atoms with Crippen LogP contribution in [0.5, 0.6) is 0 Å². The molecule has 0 aliphatic heterocycles. The molecule has 1 aliphatic rings. The van der Waals surface area contributed by atoms with E-state index in [9.17, 15) is 0 Å². The Hall–Kier alpha value is -0.0800. The SMILES string of the molecule is COCC1CCC(N)C1C. The van der Waals surface area contributed by atoms with E-state index in [1.165, 1.54) is 12.8 Å². The Kier molecular flexibility index (Phi) is 2.69. The normalized spacial score (nSPS) is 40.5. The van der Waals surface area contributed by atoms with E-state index in [1.54, 1.807) is 7.11 Å². The summed E-state index contributed by atoms with van der Waals surface area (Å²) in [5.41, 5.74) is 5.84. The van der Waals surface area contributed by atoms with Crippen LogP contribution in [-0.2, 0) is 4.74 Å². The molecule has 0 amide bonds. The molecule has 0 bridgehead atoms. The molecule has 1 saturated carbocycles. The highest BCUT2D eigenvalue weighted by Gasteiger charge is 2.29. The molecule has 0 aromatic heterocycles. The first-order valence-electron chi connectivity index (χ1n) is 4.00. The van der Waals surface area contributed by atoms with Crippen LogP contribution in [0.15, 0.2) is 0 Å². The molecule has 60 valence electrons. The van der Waals surface area contributed by atoms with Crippen LogP contribution in [0.2, 0.25) is 0 Å². The second kappa shape index (κ2) is 3.35. The fraction of sp³-hybridized carbons (Fsp3) is 1.00. The average molecular weight is 143 g/mol. The van der Waals surface area contributed by atoms with Crippen molar-refractivity contribution in [3.05, 3.63) is 0 Å². The van der Waals surface area contributed by atoms with Crippen molar-refractivity contribution in [2.45, 2.75) is 25.8 Å². The molecule has 1 fully saturated rings. The van der Waals surface area contributed by atoms with Crippen LogP contribution < -0.4 is 5.73 Å². The fourth-order valence-corrected chi connectivity index (χ4v) is 1.73. The first-order chi connectivity index (χ1) is 4.75. The Labute approximate surface area is 62.7 Å². The summed E-state index contributed by atoms with van der Waals surface area (Å²) in [4.78, 5) is 0. The zero-order valence-corrected chi connectivity index (χ0v) is 6.84. The van der Waals surface area contributed by atoms with E-state index in [0.29, 0.717) is 17.9 Å². The Bertz CT molecular complexity index is 103. The molecule has 1 aliphatic carbocycles. The minimum atomic E-state index is 0.417. The van der Waals surface area contributed by atoms with Gasteiger partial charge in [-0.3, -0.25) is 0 Å². The van der Waals surface area contributed by atoms with Crippen molar-refractivity contribution in [1.29, 1.82) is 0 Å². The van der Waals surface area contributed by atoms with Gasteiger partial charge in [0.1, 0.15) is 0 Å². The molecule has 10 heavy (non-hydrogen) atoms. The van der Waals surface area contributed by atoms with Gasteiger partial charge in [0, 0.05) is 19.8 Å². The van der Waals surface area contributed by atoms with Gasteiger partial charge in [-0.2, -0.15) is 0 Å². The quantitative estimate of drug-likeness (QED) is 0.626. The van der Waals surface area contributed by atoms with Gasteiger partial charge < -0.3 is 10.5 Å². The van der Waals surface area contributed by atoms with Crippen molar-refractivity contribution in [2.24, 2.45) is 17.6 Å². The molecule has 0 radical (unpaired) electrons. The maximum atomic E-state index is 5.84. The minimum absolute atomic E-state index is 0.417. The van der Waals surface area contributed by atoms with Crippen LogP contribution >= 0.6 is 0 Å². The van der Waals surface area contributed by atoms with E-state index in [1.807, 2.05) is 0 Å². The van der Waals surface area contributed by atoms with Crippen molar-refractivity contribution in [3.8, 4) is 0 Å². The van der Waals surface area contributed by atoms with Gasteiger partial charge in [-0.1, -0.05) is 6.92 Å². The van der Waals surface area contributed by atoms with Crippen LogP contribution in [0.25, 0.3) is 0 Å². The number of hydrogen-bond acceptors (Lipinski definition) is 2. The molecule has 2 heteroatoms.